The highest BCUT2D eigenvalue weighted by molar-refractivity contribution is 5.45. The third-order valence-corrected chi connectivity index (χ3v) is 3.61. The number of benzene rings is 2. The fraction of sp³-hybridized carbons (Fsp3) is 0.250. The van der Waals surface area contributed by atoms with Crippen molar-refractivity contribution in [3.63, 3.8) is 0 Å². The Morgan fingerprint density at radius 2 is 1.84 bits per heavy atom. The Hall–Kier alpha value is -2.00. The van der Waals surface area contributed by atoms with Crippen LogP contribution in [-0.2, 0) is 6.42 Å². The van der Waals surface area contributed by atoms with Gasteiger partial charge in [0.25, 0.3) is 0 Å². The van der Waals surface area contributed by atoms with Crippen molar-refractivity contribution in [2.75, 3.05) is 19.4 Å². The number of hydrogen-bond acceptors (Lipinski definition) is 3. The Morgan fingerprint density at radius 1 is 1.11 bits per heavy atom. The fourth-order valence-electron chi connectivity index (χ4n) is 2.60. The molecule has 0 amide bonds. The van der Waals surface area contributed by atoms with Crippen molar-refractivity contribution in [1.29, 1.82) is 0 Å². The molecule has 0 spiro atoms. The van der Waals surface area contributed by atoms with Crippen LogP contribution in [0.3, 0.4) is 0 Å². The Morgan fingerprint density at radius 3 is 2.58 bits per heavy atom. The third-order valence-electron chi connectivity index (χ3n) is 3.61. The maximum atomic E-state index is 5.74. The highest BCUT2D eigenvalue weighted by atomic mass is 16.5. The van der Waals surface area contributed by atoms with E-state index >= 15 is 0 Å². The molecule has 0 fully saturated rings. The molecule has 0 bridgehead atoms. The quantitative estimate of drug-likeness (QED) is 0.827. The van der Waals surface area contributed by atoms with Gasteiger partial charge in [-0.25, -0.2) is 0 Å². The summed E-state index contributed by atoms with van der Waals surface area (Å²) in [6.45, 7) is 0.797. The molecule has 1 unspecified atom stereocenters. The van der Waals surface area contributed by atoms with E-state index in [0.29, 0.717) is 0 Å². The first-order valence-electron chi connectivity index (χ1n) is 6.56. The van der Waals surface area contributed by atoms with Crippen LogP contribution in [-0.4, -0.2) is 13.7 Å². The maximum Gasteiger partial charge on any atom is 0.122 e. The van der Waals surface area contributed by atoms with Gasteiger partial charge in [-0.05, 0) is 41.9 Å². The average molecular weight is 254 g/mol. The Kier molecular flexibility index (Phi) is 3.13. The lowest BCUT2D eigenvalue weighted by Crippen LogP contribution is -2.17. The second kappa shape index (κ2) is 4.94. The van der Waals surface area contributed by atoms with Crippen molar-refractivity contribution in [3.8, 4) is 5.75 Å². The van der Waals surface area contributed by atoms with Crippen molar-refractivity contribution in [2.24, 2.45) is 0 Å². The van der Waals surface area contributed by atoms with Gasteiger partial charge in [0.15, 0.2) is 0 Å². The second-order valence-corrected chi connectivity index (χ2v) is 4.85. The molecule has 0 aromatic heterocycles. The molecule has 0 saturated carbocycles. The van der Waals surface area contributed by atoms with Crippen LogP contribution in [0, 0.1) is 0 Å². The first-order valence-corrected chi connectivity index (χ1v) is 6.56. The van der Waals surface area contributed by atoms with E-state index in [9.17, 15) is 0 Å². The van der Waals surface area contributed by atoms with Gasteiger partial charge in [0.05, 0.1) is 12.6 Å². The minimum atomic E-state index is 0.187. The van der Waals surface area contributed by atoms with Gasteiger partial charge in [-0.2, -0.15) is 0 Å². The number of anilines is 1. The smallest absolute Gasteiger partial charge is 0.122 e. The summed E-state index contributed by atoms with van der Waals surface area (Å²) in [4.78, 5) is 0. The SMILES string of the molecule is CNC(c1ccc(N)cc1)c1ccc2c(c1)CCO2. The number of nitrogens with one attached hydrogen (secondary N) is 1. The summed E-state index contributed by atoms with van der Waals surface area (Å²) in [7, 11) is 1.98. The second-order valence-electron chi connectivity index (χ2n) is 4.85. The predicted molar refractivity (Wildman–Crippen MR) is 77.4 cm³/mol. The number of hydrogen-bond donors (Lipinski definition) is 2. The first kappa shape index (κ1) is 12.1. The topological polar surface area (TPSA) is 47.3 Å². The van der Waals surface area contributed by atoms with Crippen LogP contribution in [0.15, 0.2) is 42.5 Å². The van der Waals surface area contributed by atoms with Crippen molar-refractivity contribution < 1.29 is 4.74 Å². The highest BCUT2D eigenvalue weighted by Gasteiger charge is 2.17. The van der Waals surface area contributed by atoms with Crippen molar-refractivity contribution in [2.45, 2.75) is 12.5 Å². The van der Waals surface area contributed by atoms with Crippen LogP contribution in [0.1, 0.15) is 22.7 Å². The molecule has 98 valence electrons. The zero-order chi connectivity index (χ0) is 13.2. The molecule has 1 aliphatic heterocycles. The Balaban J connectivity index is 1.96. The van der Waals surface area contributed by atoms with Gasteiger partial charge in [-0.1, -0.05) is 24.3 Å². The molecule has 3 N–H and O–H groups in total. The van der Waals surface area contributed by atoms with Crippen LogP contribution < -0.4 is 15.8 Å². The van der Waals surface area contributed by atoms with Gasteiger partial charge in [0.2, 0.25) is 0 Å². The molecule has 1 heterocycles. The molecule has 3 nitrogen and oxygen atoms in total. The van der Waals surface area contributed by atoms with Gasteiger partial charge < -0.3 is 15.8 Å². The van der Waals surface area contributed by atoms with E-state index in [-0.39, 0.29) is 6.04 Å². The van der Waals surface area contributed by atoms with Gasteiger partial charge in [0, 0.05) is 12.1 Å². The van der Waals surface area contributed by atoms with Crippen molar-refractivity contribution in [1.82, 2.24) is 5.32 Å². The third kappa shape index (κ3) is 2.29. The molecule has 19 heavy (non-hydrogen) atoms. The Labute approximate surface area is 113 Å². The molecule has 1 aliphatic rings. The zero-order valence-corrected chi connectivity index (χ0v) is 11.0. The number of fused-ring (bicyclic) bond motifs is 1. The van der Waals surface area contributed by atoms with Gasteiger partial charge >= 0.3 is 0 Å². The van der Waals surface area contributed by atoms with E-state index in [1.54, 1.807) is 0 Å². The summed E-state index contributed by atoms with van der Waals surface area (Å²) in [6.07, 6.45) is 1.00. The largest absolute Gasteiger partial charge is 0.493 e. The number of rotatable bonds is 3. The summed E-state index contributed by atoms with van der Waals surface area (Å²) < 4.78 is 5.55. The lowest BCUT2D eigenvalue weighted by molar-refractivity contribution is 0.357. The van der Waals surface area contributed by atoms with Crippen LogP contribution in [0.2, 0.25) is 0 Å². The first-order chi connectivity index (χ1) is 9.28. The molecular weight excluding hydrogens is 236 g/mol. The maximum absolute atomic E-state index is 5.74. The van der Waals surface area contributed by atoms with Crippen LogP contribution in [0.5, 0.6) is 5.75 Å². The average Bonchev–Trinajstić information content (AvgIpc) is 2.89. The summed E-state index contributed by atoms with van der Waals surface area (Å²) in [5.41, 5.74) is 10.3. The Bertz CT molecular complexity index is 578. The molecule has 1 atom stereocenters. The number of ether oxygens (including phenoxy) is 1. The summed E-state index contributed by atoms with van der Waals surface area (Å²) in [5.74, 6) is 1.02. The van der Waals surface area contributed by atoms with Crippen LogP contribution in [0.25, 0.3) is 0 Å². The highest BCUT2D eigenvalue weighted by Crippen LogP contribution is 2.30. The van der Waals surface area contributed by atoms with Gasteiger partial charge in [-0.15, -0.1) is 0 Å². The summed E-state index contributed by atoms with van der Waals surface area (Å²) in [5, 5.41) is 3.36. The summed E-state index contributed by atoms with van der Waals surface area (Å²) >= 11 is 0. The molecule has 2 aromatic rings. The van der Waals surface area contributed by atoms with Crippen LogP contribution >= 0.6 is 0 Å². The standard InChI is InChI=1S/C16H18N2O/c1-18-16(11-2-5-14(17)6-3-11)13-4-7-15-12(10-13)8-9-19-15/h2-7,10,16,18H,8-9,17H2,1H3. The minimum absolute atomic E-state index is 0.187. The minimum Gasteiger partial charge on any atom is -0.493 e. The lowest BCUT2D eigenvalue weighted by Gasteiger charge is -2.18. The fourth-order valence-corrected chi connectivity index (χ4v) is 2.60. The normalized spacial score (nSPS) is 14.8. The number of nitrogens with two attached hydrogens (primary N) is 1. The molecule has 3 heteroatoms. The van der Waals surface area contributed by atoms with Gasteiger partial charge in [0.1, 0.15) is 5.75 Å². The van der Waals surface area contributed by atoms with E-state index in [2.05, 4.69) is 35.6 Å². The van der Waals surface area contributed by atoms with E-state index in [1.165, 1.54) is 16.7 Å². The van der Waals surface area contributed by atoms with E-state index in [4.69, 9.17) is 10.5 Å². The number of nitrogen functional groups attached to an aromatic ring is 1. The van der Waals surface area contributed by atoms with Crippen molar-refractivity contribution >= 4 is 5.69 Å². The van der Waals surface area contributed by atoms with Crippen molar-refractivity contribution in [3.05, 3.63) is 59.2 Å². The monoisotopic (exact) mass is 254 g/mol. The molecule has 3 rings (SSSR count). The molecular formula is C16H18N2O. The van der Waals surface area contributed by atoms with E-state index < -0.39 is 0 Å². The molecule has 0 aliphatic carbocycles. The van der Waals surface area contributed by atoms with E-state index in [1.807, 2.05) is 19.2 Å². The zero-order valence-electron chi connectivity index (χ0n) is 11.0. The van der Waals surface area contributed by atoms with Gasteiger partial charge in [-0.3, -0.25) is 0 Å². The van der Waals surface area contributed by atoms with E-state index in [0.717, 1.165) is 24.5 Å². The lowest BCUT2D eigenvalue weighted by atomic mass is 9.96. The molecule has 2 aromatic carbocycles. The van der Waals surface area contributed by atoms with Crippen LogP contribution in [0.4, 0.5) is 5.69 Å². The molecule has 0 saturated heterocycles. The molecule has 0 radical (unpaired) electrons. The predicted octanol–water partition coefficient (Wildman–Crippen LogP) is 2.51. The summed E-state index contributed by atoms with van der Waals surface area (Å²) in [6, 6.07) is 14.6.